The van der Waals surface area contributed by atoms with Crippen LogP contribution in [0.1, 0.15) is 22.2 Å². The molecule has 2 N–H and O–H groups in total. The van der Waals surface area contributed by atoms with E-state index < -0.39 is 49.9 Å². The summed E-state index contributed by atoms with van der Waals surface area (Å²) in [5.74, 6) is -4.03. The summed E-state index contributed by atoms with van der Waals surface area (Å²) in [5, 5.41) is 7.98. The zero-order valence-electron chi connectivity index (χ0n) is 16.6. The molecule has 10 heteroatoms. The minimum absolute atomic E-state index is 0.104. The SMILES string of the molecule is Cc1c(C(c2ccc[nH]2)S(=O)(=O)c2ccc(F)cc2F)c2cc(F)ccc2n1CC(=O)O. The van der Waals surface area contributed by atoms with Crippen LogP contribution in [0.3, 0.4) is 0 Å². The molecule has 1 unspecified atom stereocenters. The van der Waals surface area contributed by atoms with Crippen molar-refractivity contribution in [3.63, 3.8) is 0 Å². The van der Waals surface area contributed by atoms with E-state index in [0.717, 1.165) is 24.3 Å². The van der Waals surface area contributed by atoms with E-state index in [9.17, 15) is 31.5 Å². The lowest BCUT2D eigenvalue weighted by molar-refractivity contribution is -0.137. The maximum atomic E-state index is 14.5. The molecule has 6 nitrogen and oxygen atoms in total. The van der Waals surface area contributed by atoms with Gasteiger partial charge in [0, 0.05) is 40.1 Å². The Morgan fingerprint density at radius 1 is 1.09 bits per heavy atom. The van der Waals surface area contributed by atoms with Crippen molar-refractivity contribution in [3.8, 4) is 0 Å². The number of aromatic amines is 1. The molecule has 0 spiro atoms. The van der Waals surface area contributed by atoms with Crippen LogP contribution in [0.4, 0.5) is 13.2 Å². The third kappa shape index (κ3) is 3.56. The number of aromatic nitrogens is 2. The Morgan fingerprint density at radius 2 is 1.78 bits per heavy atom. The van der Waals surface area contributed by atoms with E-state index in [1.54, 1.807) is 6.07 Å². The Hall–Kier alpha value is -3.53. The number of nitrogens with zero attached hydrogens (tertiary/aromatic N) is 1. The van der Waals surface area contributed by atoms with Crippen LogP contribution in [-0.4, -0.2) is 29.0 Å². The number of H-pyrrole nitrogens is 1. The Morgan fingerprint density at radius 3 is 2.41 bits per heavy atom. The average Bonchev–Trinajstić information content (AvgIpc) is 3.30. The summed E-state index contributed by atoms with van der Waals surface area (Å²) in [4.78, 5) is 13.5. The van der Waals surface area contributed by atoms with Crippen LogP contribution in [0.25, 0.3) is 10.9 Å². The van der Waals surface area contributed by atoms with Crippen molar-refractivity contribution in [2.45, 2.75) is 23.6 Å². The van der Waals surface area contributed by atoms with E-state index in [2.05, 4.69) is 4.98 Å². The second-order valence-electron chi connectivity index (χ2n) is 7.27. The molecule has 32 heavy (non-hydrogen) atoms. The van der Waals surface area contributed by atoms with E-state index in [4.69, 9.17) is 0 Å². The lowest BCUT2D eigenvalue weighted by Crippen LogP contribution is -2.18. The number of carboxylic acids is 1. The van der Waals surface area contributed by atoms with Gasteiger partial charge in [-0.25, -0.2) is 21.6 Å². The third-order valence-electron chi connectivity index (χ3n) is 5.31. The molecule has 0 aliphatic heterocycles. The highest BCUT2D eigenvalue weighted by molar-refractivity contribution is 7.92. The van der Waals surface area contributed by atoms with E-state index in [1.165, 1.54) is 29.8 Å². The number of hydrogen-bond donors (Lipinski definition) is 2. The fourth-order valence-corrected chi connectivity index (χ4v) is 5.90. The second kappa shape index (κ2) is 7.86. The van der Waals surface area contributed by atoms with Crippen LogP contribution in [-0.2, 0) is 21.2 Å². The van der Waals surface area contributed by atoms with Crippen molar-refractivity contribution in [2.24, 2.45) is 0 Å². The highest BCUT2D eigenvalue weighted by atomic mass is 32.2. The first kappa shape index (κ1) is 21.7. The van der Waals surface area contributed by atoms with Gasteiger partial charge < -0.3 is 14.7 Å². The Kier molecular flexibility index (Phi) is 5.33. The number of halogens is 3. The molecule has 0 saturated carbocycles. The van der Waals surface area contributed by atoms with Crippen LogP contribution in [0.5, 0.6) is 0 Å². The first-order valence-corrected chi connectivity index (χ1v) is 11.0. The fraction of sp³-hybridized carbons (Fsp3) is 0.136. The lowest BCUT2D eigenvalue weighted by Gasteiger charge is -2.19. The summed E-state index contributed by atoms with van der Waals surface area (Å²) in [7, 11) is -4.52. The van der Waals surface area contributed by atoms with Crippen molar-refractivity contribution >= 4 is 26.7 Å². The zero-order chi connectivity index (χ0) is 23.2. The van der Waals surface area contributed by atoms with E-state index >= 15 is 0 Å². The number of carboxylic acid groups (broad SMARTS) is 1. The number of carbonyl (C=O) groups is 1. The van der Waals surface area contributed by atoms with E-state index in [0.29, 0.717) is 11.6 Å². The monoisotopic (exact) mass is 462 g/mol. The largest absolute Gasteiger partial charge is 0.480 e. The molecule has 2 aromatic carbocycles. The Balaban J connectivity index is 2.08. The summed E-state index contributed by atoms with van der Waals surface area (Å²) < 4.78 is 70.9. The number of sulfone groups is 1. The van der Waals surface area contributed by atoms with Gasteiger partial charge in [0.1, 0.15) is 34.1 Å². The maximum Gasteiger partial charge on any atom is 0.323 e. The Bertz CT molecular complexity index is 1440. The van der Waals surface area contributed by atoms with Crippen molar-refractivity contribution < 1.29 is 31.5 Å². The zero-order valence-corrected chi connectivity index (χ0v) is 17.5. The highest BCUT2D eigenvalue weighted by Crippen LogP contribution is 2.42. The van der Waals surface area contributed by atoms with Gasteiger partial charge in [0.05, 0.1) is 0 Å². The maximum absolute atomic E-state index is 14.5. The van der Waals surface area contributed by atoms with Crippen LogP contribution >= 0.6 is 0 Å². The second-order valence-corrected chi connectivity index (χ2v) is 9.27. The summed E-state index contributed by atoms with van der Waals surface area (Å²) in [6.07, 6.45) is 1.48. The van der Waals surface area contributed by atoms with Gasteiger partial charge in [-0.05, 0) is 49.4 Å². The molecule has 4 rings (SSSR count). The van der Waals surface area contributed by atoms with Crippen molar-refractivity contribution in [1.29, 1.82) is 0 Å². The molecular weight excluding hydrogens is 445 g/mol. The predicted molar refractivity (Wildman–Crippen MR) is 110 cm³/mol. The minimum Gasteiger partial charge on any atom is -0.480 e. The molecule has 0 aliphatic carbocycles. The third-order valence-corrected chi connectivity index (χ3v) is 7.36. The molecule has 0 radical (unpaired) electrons. The fourth-order valence-electron chi connectivity index (χ4n) is 3.97. The number of fused-ring (bicyclic) bond motifs is 1. The molecule has 0 bridgehead atoms. The van der Waals surface area contributed by atoms with Gasteiger partial charge in [-0.1, -0.05) is 0 Å². The van der Waals surface area contributed by atoms with Crippen molar-refractivity contribution in [1.82, 2.24) is 9.55 Å². The van der Waals surface area contributed by atoms with Gasteiger partial charge in [0.2, 0.25) is 0 Å². The number of benzene rings is 2. The van der Waals surface area contributed by atoms with Gasteiger partial charge in [-0.3, -0.25) is 4.79 Å². The molecule has 1 atom stereocenters. The smallest absolute Gasteiger partial charge is 0.323 e. The number of hydrogen-bond acceptors (Lipinski definition) is 3. The van der Waals surface area contributed by atoms with Gasteiger partial charge >= 0.3 is 5.97 Å². The molecule has 0 aliphatic rings. The molecule has 2 aromatic heterocycles. The van der Waals surface area contributed by atoms with Crippen molar-refractivity contribution in [2.75, 3.05) is 0 Å². The van der Waals surface area contributed by atoms with Crippen LogP contribution in [0.15, 0.2) is 59.6 Å². The first-order valence-electron chi connectivity index (χ1n) is 9.43. The number of aliphatic carboxylic acids is 1. The van der Waals surface area contributed by atoms with Gasteiger partial charge in [0.15, 0.2) is 9.84 Å². The van der Waals surface area contributed by atoms with Gasteiger partial charge in [-0.15, -0.1) is 0 Å². The Labute approximate surface area is 180 Å². The highest BCUT2D eigenvalue weighted by Gasteiger charge is 2.37. The van der Waals surface area contributed by atoms with Crippen LogP contribution < -0.4 is 0 Å². The molecule has 0 saturated heterocycles. The molecule has 4 aromatic rings. The summed E-state index contributed by atoms with van der Waals surface area (Å²) in [5.41, 5.74) is 0.841. The average molecular weight is 462 g/mol. The van der Waals surface area contributed by atoms with Crippen LogP contribution in [0, 0.1) is 24.4 Å². The lowest BCUT2D eigenvalue weighted by atomic mass is 10.1. The molecular formula is C22H17F3N2O4S. The number of nitrogens with one attached hydrogen (secondary N) is 1. The topological polar surface area (TPSA) is 92.2 Å². The molecule has 0 fully saturated rings. The van der Waals surface area contributed by atoms with Crippen LogP contribution in [0.2, 0.25) is 0 Å². The van der Waals surface area contributed by atoms with E-state index in [-0.39, 0.29) is 22.3 Å². The molecule has 166 valence electrons. The summed E-state index contributed by atoms with van der Waals surface area (Å²) >= 11 is 0. The predicted octanol–water partition coefficient (Wildman–Crippen LogP) is 4.34. The quantitative estimate of drug-likeness (QED) is 0.417. The molecule has 2 heterocycles. The van der Waals surface area contributed by atoms with Gasteiger partial charge in [0.25, 0.3) is 0 Å². The summed E-state index contributed by atoms with van der Waals surface area (Å²) in [6, 6.07) is 8.78. The van der Waals surface area contributed by atoms with Gasteiger partial charge in [-0.2, -0.15) is 0 Å². The normalized spacial score (nSPS) is 12.9. The number of rotatable bonds is 6. The van der Waals surface area contributed by atoms with E-state index in [1.807, 2.05) is 0 Å². The minimum atomic E-state index is -4.52. The van der Waals surface area contributed by atoms with Crippen molar-refractivity contribution in [3.05, 3.63) is 89.1 Å². The first-order chi connectivity index (χ1) is 15.1. The summed E-state index contributed by atoms with van der Waals surface area (Å²) in [6.45, 7) is 1.03. The molecule has 0 amide bonds. The standard InChI is InChI=1S/C22H17F3N2O4S/c1-12-21(15-9-13(23)4-6-18(15)27(12)11-20(28)29)22(17-3-2-8-26-17)32(30,31)19-7-5-14(24)10-16(19)25/h2-10,22,26H,11H2,1H3,(H,28,29).